The molecular formula is C22H27NO2. The SMILES string of the molecule is Cc1ccc2c(CNC34CC5CC(CC(C5)C3)C4)cc(=O)oc2c1C. The van der Waals surface area contributed by atoms with E-state index in [4.69, 9.17) is 4.42 Å². The highest BCUT2D eigenvalue weighted by atomic mass is 16.4. The standard InChI is InChI=1S/C22H27NO2/c1-13-3-4-19-18(8-20(24)25-21(19)14(13)2)12-23-22-9-15-5-16(10-22)7-17(6-15)11-22/h3-4,8,15-17,23H,5-7,9-12H2,1-2H3. The highest BCUT2D eigenvalue weighted by molar-refractivity contribution is 5.83. The van der Waals surface area contributed by atoms with Gasteiger partial charge < -0.3 is 9.73 Å². The first-order valence-corrected chi connectivity index (χ1v) is 9.79. The minimum atomic E-state index is -0.233. The largest absolute Gasteiger partial charge is 0.422 e. The zero-order chi connectivity index (χ0) is 17.2. The molecule has 2 aromatic rings. The van der Waals surface area contributed by atoms with Crippen LogP contribution in [0, 0.1) is 31.6 Å². The fraction of sp³-hybridized carbons (Fsp3) is 0.591. The summed E-state index contributed by atoms with van der Waals surface area (Å²) in [5.74, 6) is 2.80. The van der Waals surface area contributed by atoms with Crippen molar-refractivity contribution < 1.29 is 4.42 Å². The molecule has 0 amide bonds. The molecule has 0 atom stereocenters. The maximum atomic E-state index is 12.1. The van der Waals surface area contributed by atoms with Crippen molar-refractivity contribution >= 4 is 11.0 Å². The molecule has 0 spiro atoms. The molecular weight excluding hydrogens is 310 g/mol. The predicted octanol–water partition coefficient (Wildman–Crippen LogP) is 4.47. The van der Waals surface area contributed by atoms with Crippen molar-refractivity contribution in [3.63, 3.8) is 0 Å². The Bertz CT molecular complexity index is 859. The van der Waals surface area contributed by atoms with Crippen molar-refractivity contribution in [2.24, 2.45) is 17.8 Å². The Morgan fingerprint density at radius 2 is 1.72 bits per heavy atom. The predicted molar refractivity (Wildman–Crippen MR) is 99.7 cm³/mol. The molecule has 4 fully saturated rings. The molecule has 1 aromatic carbocycles. The Morgan fingerprint density at radius 3 is 2.36 bits per heavy atom. The number of benzene rings is 1. The van der Waals surface area contributed by atoms with Crippen molar-refractivity contribution in [3.05, 3.63) is 45.3 Å². The number of hydrogen-bond acceptors (Lipinski definition) is 3. The second kappa shape index (κ2) is 5.44. The third-order valence-corrected chi connectivity index (χ3v) is 7.21. The highest BCUT2D eigenvalue weighted by Gasteiger charge is 2.50. The molecule has 0 saturated heterocycles. The second-order valence-electron chi connectivity index (χ2n) is 9.03. The van der Waals surface area contributed by atoms with Gasteiger partial charge in [0.1, 0.15) is 5.58 Å². The average Bonchev–Trinajstić information content (AvgIpc) is 2.55. The second-order valence-corrected chi connectivity index (χ2v) is 9.03. The first-order valence-electron chi connectivity index (χ1n) is 9.79. The van der Waals surface area contributed by atoms with Gasteiger partial charge in [0.25, 0.3) is 0 Å². The van der Waals surface area contributed by atoms with Gasteiger partial charge in [0.15, 0.2) is 0 Å². The Morgan fingerprint density at radius 1 is 1.08 bits per heavy atom. The Hall–Kier alpha value is -1.61. The van der Waals surface area contributed by atoms with Gasteiger partial charge in [-0.25, -0.2) is 4.79 Å². The van der Waals surface area contributed by atoms with E-state index in [1.807, 2.05) is 6.92 Å². The molecule has 132 valence electrons. The quantitative estimate of drug-likeness (QED) is 0.840. The molecule has 1 N–H and O–H groups in total. The zero-order valence-electron chi connectivity index (χ0n) is 15.2. The average molecular weight is 337 g/mol. The van der Waals surface area contributed by atoms with Crippen LogP contribution in [0.3, 0.4) is 0 Å². The van der Waals surface area contributed by atoms with Crippen LogP contribution >= 0.6 is 0 Å². The van der Waals surface area contributed by atoms with Gasteiger partial charge in [-0.2, -0.15) is 0 Å². The topological polar surface area (TPSA) is 42.2 Å². The lowest BCUT2D eigenvalue weighted by atomic mass is 9.53. The van der Waals surface area contributed by atoms with E-state index in [9.17, 15) is 4.79 Å². The van der Waals surface area contributed by atoms with E-state index in [1.54, 1.807) is 6.07 Å². The fourth-order valence-electron chi connectivity index (χ4n) is 6.28. The maximum Gasteiger partial charge on any atom is 0.336 e. The normalized spacial score (nSPS) is 33.3. The molecule has 4 saturated carbocycles. The summed E-state index contributed by atoms with van der Waals surface area (Å²) in [5, 5.41) is 5.00. The molecule has 0 unspecified atom stereocenters. The molecule has 0 radical (unpaired) electrons. The monoisotopic (exact) mass is 337 g/mol. The fourth-order valence-corrected chi connectivity index (χ4v) is 6.28. The number of aryl methyl sites for hydroxylation is 2. The lowest BCUT2D eigenvalue weighted by molar-refractivity contribution is -0.0205. The summed E-state index contributed by atoms with van der Waals surface area (Å²) < 4.78 is 5.53. The molecule has 4 bridgehead atoms. The van der Waals surface area contributed by atoms with Crippen LogP contribution in [-0.2, 0) is 6.54 Å². The molecule has 25 heavy (non-hydrogen) atoms. The molecule has 1 heterocycles. The third kappa shape index (κ3) is 2.55. The van der Waals surface area contributed by atoms with Crippen LogP contribution in [0.4, 0.5) is 0 Å². The van der Waals surface area contributed by atoms with E-state index < -0.39 is 0 Å². The molecule has 4 aliphatic carbocycles. The van der Waals surface area contributed by atoms with E-state index in [-0.39, 0.29) is 5.63 Å². The first kappa shape index (κ1) is 15.6. The third-order valence-electron chi connectivity index (χ3n) is 7.21. The summed E-state index contributed by atoms with van der Waals surface area (Å²) in [6, 6.07) is 5.92. The Labute approximate surface area is 148 Å². The van der Waals surface area contributed by atoms with Crippen LogP contribution in [0.2, 0.25) is 0 Å². The summed E-state index contributed by atoms with van der Waals surface area (Å²) in [6.45, 7) is 4.88. The molecule has 3 heteroatoms. The lowest BCUT2D eigenvalue weighted by Gasteiger charge is -2.57. The van der Waals surface area contributed by atoms with Crippen molar-refractivity contribution in [2.75, 3.05) is 0 Å². The van der Waals surface area contributed by atoms with Crippen molar-refractivity contribution in [3.8, 4) is 0 Å². The minimum absolute atomic E-state index is 0.233. The molecule has 0 aliphatic heterocycles. The zero-order valence-corrected chi connectivity index (χ0v) is 15.2. The molecule has 4 aliphatic rings. The van der Waals surface area contributed by atoms with Gasteiger partial charge in [-0.3, -0.25) is 0 Å². The molecule has 3 nitrogen and oxygen atoms in total. The van der Waals surface area contributed by atoms with Crippen molar-refractivity contribution in [2.45, 2.75) is 64.5 Å². The number of hydrogen-bond donors (Lipinski definition) is 1. The number of rotatable bonds is 3. The van der Waals surface area contributed by atoms with Gasteiger partial charge >= 0.3 is 5.63 Å². The van der Waals surface area contributed by atoms with E-state index in [2.05, 4.69) is 24.4 Å². The maximum absolute atomic E-state index is 12.1. The van der Waals surface area contributed by atoms with Gasteiger partial charge in [-0.15, -0.1) is 0 Å². The molecule has 6 rings (SSSR count). The smallest absolute Gasteiger partial charge is 0.336 e. The highest BCUT2D eigenvalue weighted by Crippen LogP contribution is 2.55. The van der Waals surface area contributed by atoms with Gasteiger partial charge in [-0.05, 0) is 86.8 Å². The van der Waals surface area contributed by atoms with Crippen LogP contribution in [0.15, 0.2) is 27.4 Å². The van der Waals surface area contributed by atoms with Gasteiger partial charge in [0.2, 0.25) is 0 Å². The van der Waals surface area contributed by atoms with Crippen molar-refractivity contribution in [1.82, 2.24) is 5.32 Å². The van der Waals surface area contributed by atoms with Crippen LogP contribution in [0.25, 0.3) is 11.0 Å². The summed E-state index contributed by atoms with van der Waals surface area (Å²) >= 11 is 0. The van der Waals surface area contributed by atoms with E-state index in [0.29, 0.717) is 5.54 Å². The van der Waals surface area contributed by atoms with Crippen LogP contribution in [0.1, 0.15) is 55.2 Å². The number of nitrogens with one attached hydrogen (secondary N) is 1. The lowest BCUT2D eigenvalue weighted by Crippen LogP contribution is -2.58. The summed E-state index contributed by atoms with van der Waals surface area (Å²) in [4.78, 5) is 12.1. The molecule has 1 aromatic heterocycles. The summed E-state index contributed by atoms with van der Waals surface area (Å²) in [5.41, 5.74) is 4.17. The van der Waals surface area contributed by atoms with Crippen LogP contribution < -0.4 is 10.9 Å². The van der Waals surface area contributed by atoms with Gasteiger partial charge in [0.05, 0.1) is 0 Å². The number of fused-ring (bicyclic) bond motifs is 1. The Kier molecular flexibility index (Phi) is 3.40. The van der Waals surface area contributed by atoms with E-state index >= 15 is 0 Å². The van der Waals surface area contributed by atoms with Crippen LogP contribution in [-0.4, -0.2) is 5.54 Å². The van der Waals surface area contributed by atoms with E-state index in [0.717, 1.165) is 46.4 Å². The van der Waals surface area contributed by atoms with Crippen molar-refractivity contribution in [1.29, 1.82) is 0 Å². The first-order chi connectivity index (χ1) is 12.0. The van der Waals surface area contributed by atoms with Gasteiger partial charge in [-0.1, -0.05) is 12.1 Å². The Balaban J connectivity index is 1.47. The van der Waals surface area contributed by atoms with Gasteiger partial charge in [0, 0.05) is 23.5 Å². The van der Waals surface area contributed by atoms with E-state index in [1.165, 1.54) is 44.1 Å². The summed E-state index contributed by atoms with van der Waals surface area (Å²) in [7, 11) is 0. The minimum Gasteiger partial charge on any atom is -0.422 e. The van der Waals surface area contributed by atoms with Crippen LogP contribution in [0.5, 0.6) is 0 Å². The summed E-state index contributed by atoms with van der Waals surface area (Å²) in [6.07, 6.45) is 8.36.